The van der Waals surface area contributed by atoms with Crippen LogP contribution in [0.2, 0.25) is 0 Å². The van der Waals surface area contributed by atoms with Crippen molar-refractivity contribution < 1.29 is 28.1 Å². The van der Waals surface area contributed by atoms with Gasteiger partial charge >= 0.3 is 14.2 Å². The highest BCUT2D eigenvalue weighted by atomic mass is 16.7. The van der Waals surface area contributed by atoms with Gasteiger partial charge in [0.2, 0.25) is 0 Å². The molecule has 0 amide bonds. The molecule has 0 spiro atoms. The first-order valence-corrected chi connectivity index (χ1v) is 25.4. The van der Waals surface area contributed by atoms with Gasteiger partial charge in [-0.2, -0.15) is 0 Å². The molecule has 0 bridgehead atoms. The molecule has 1 aromatic carbocycles. The zero-order chi connectivity index (χ0) is 48.3. The van der Waals surface area contributed by atoms with Gasteiger partial charge in [0, 0.05) is 11.0 Å². The molecule has 2 heterocycles. The first-order chi connectivity index (χ1) is 30.5. The average molecular weight is 894 g/mol. The second-order valence-electron chi connectivity index (χ2n) is 21.8. The number of rotatable bonds is 21. The van der Waals surface area contributed by atoms with Crippen molar-refractivity contribution in [1.82, 2.24) is 0 Å². The van der Waals surface area contributed by atoms with Crippen molar-refractivity contribution in [3.05, 3.63) is 94.1 Å². The van der Waals surface area contributed by atoms with Crippen molar-refractivity contribution in [2.75, 3.05) is 13.2 Å². The number of ether oxygens (including phenoxy) is 2. The Kier molecular flexibility index (Phi) is 19.9. The number of benzene rings is 1. The molecule has 360 valence electrons. The summed E-state index contributed by atoms with van der Waals surface area (Å²) in [5.74, 6) is 4.49. The van der Waals surface area contributed by atoms with E-state index in [4.69, 9.17) is 39.7 Å². The molecule has 65 heavy (non-hydrogen) atoms. The summed E-state index contributed by atoms with van der Waals surface area (Å²) in [7, 11) is -1.28. The maximum absolute atomic E-state index is 6.72. The van der Waals surface area contributed by atoms with Crippen molar-refractivity contribution in [1.29, 1.82) is 0 Å². The molecule has 9 heteroatoms. The highest BCUT2D eigenvalue weighted by Crippen LogP contribution is 2.44. The minimum absolute atomic E-state index is 0.522. The van der Waals surface area contributed by atoms with Gasteiger partial charge in [0.1, 0.15) is 11.5 Å². The third-order valence-electron chi connectivity index (χ3n) is 14.3. The second kappa shape index (κ2) is 23.8. The molecule has 2 atom stereocenters. The number of hydrogen-bond acceptors (Lipinski definition) is 7. The monoisotopic (exact) mass is 894 g/mol. The van der Waals surface area contributed by atoms with Gasteiger partial charge in [0.25, 0.3) is 0 Å². The smallest absolute Gasteiger partial charge is 0.494 e. The van der Waals surface area contributed by atoms with E-state index in [1.165, 1.54) is 44.1 Å². The molecule has 7 nitrogen and oxygen atoms in total. The Balaban J connectivity index is 0.00000456. The molecule has 0 radical (unpaired) electrons. The largest absolute Gasteiger partial charge is 0.497 e. The van der Waals surface area contributed by atoms with Crippen molar-refractivity contribution in [2.24, 2.45) is 28.7 Å². The summed E-state index contributed by atoms with van der Waals surface area (Å²) in [6, 6.07) is 8.40. The zero-order valence-corrected chi connectivity index (χ0v) is 44.2. The van der Waals surface area contributed by atoms with E-state index in [0.29, 0.717) is 36.3 Å². The van der Waals surface area contributed by atoms with Crippen LogP contribution in [0, 0.1) is 23.7 Å². The summed E-state index contributed by atoms with van der Waals surface area (Å²) in [6.45, 7) is 42.8. The summed E-state index contributed by atoms with van der Waals surface area (Å²) in [6.07, 6.45) is 19.9. The predicted octanol–water partition coefficient (Wildman–Crippen LogP) is 15.3. The maximum atomic E-state index is 6.72. The molecule has 0 aromatic heterocycles. The Bertz CT molecular complexity index is 1910. The lowest BCUT2D eigenvalue weighted by Gasteiger charge is -2.32. The van der Waals surface area contributed by atoms with Crippen LogP contribution in [0.3, 0.4) is 0 Å². The molecule has 2 saturated heterocycles. The number of aliphatic imine (C=N–C) groups is 1. The van der Waals surface area contributed by atoms with Crippen LogP contribution in [-0.2, 0) is 23.4 Å². The lowest BCUT2D eigenvalue weighted by atomic mass is 9.63. The van der Waals surface area contributed by atoms with Crippen LogP contribution in [0.5, 0.6) is 5.75 Å². The van der Waals surface area contributed by atoms with Gasteiger partial charge in [0.15, 0.2) is 0 Å². The van der Waals surface area contributed by atoms with Gasteiger partial charge in [-0.1, -0.05) is 125 Å². The van der Waals surface area contributed by atoms with Crippen LogP contribution in [0.1, 0.15) is 187 Å². The SMILES string of the molecule is C=C1C(B2OC(C)(C)C(C)(C)O2)=CC=C(B2OC(C)(C)C(C)(C)O2)C1=N/C(=C(\C)C1=CC(OCCC(C)CCCC(C)C)=CCC1)c1cccc(OCCC(C)CCCC(C)C)c1.CC. The van der Waals surface area contributed by atoms with Gasteiger partial charge in [-0.05, 0) is 158 Å². The van der Waals surface area contributed by atoms with E-state index in [9.17, 15) is 0 Å². The van der Waals surface area contributed by atoms with Crippen molar-refractivity contribution in [3.8, 4) is 5.75 Å². The van der Waals surface area contributed by atoms with Crippen molar-refractivity contribution in [3.63, 3.8) is 0 Å². The zero-order valence-electron chi connectivity index (χ0n) is 44.2. The third-order valence-corrected chi connectivity index (χ3v) is 14.3. The van der Waals surface area contributed by atoms with Gasteiger partial charge in [-0.15, -0.1) is 0 Å². The highest BCUT2D eigenvalue weighted by Gasteiger charge is 2.56. The van der Waals surface area contributed by atoms with E-state index >= 15 is 0 Å². The van der Waals surface area contributed by atoms with Crippen LogP contribution in [0.4, 0.5) is 0 Å². The Morgan fingerprint density at radius 2 is 1.18 bits per heavy atom. The van der Waals surface area contributed by atoms with Crippen LogP contribution >= 0.6 is 0 Å². The second-order valence-corrected chi connectivity index (χ2v) is 21.8. The highest BCUT2D eigenvalue weighted by molar-refractivity contribution is 6.67. The van der Waals surface area contributed by atoms with Crippen LogP contribution < -0.4 is 4.74 Å². The average Bonchev–Trinajstić information content (AvgIpc) is 3.59. The Labute approximate surface area is 398 Å². The van der Waals surface area contributed by atoms with Crippen molar-refractivity contribution >= 4 is 25.6 Å². The molecular weight excluding hydrogens is 804 g/mol. The van der Waals surface area contributed by atoms with Gasteiger partial charge in [0.05, 0.1) is 47.0 Å². The van der Waals surface area contributed by atoms with E-state index in [-0.39, 0.29) is 0 Å². The van der Waals surface area contributed by atoms with Crippen LogP contribution in [-0.4, -0.2) is 55.6 Å². The van der Waals surface area contributed by atoms with E-state index in [1.54, 1.807) is 0 Å². The molecular formula is C56H89B2NO6. The predicted molar refractivity (Wildman–Crippen MR) is 277 cm³/mol. The quantitative estimate of drug-likeness (QED) is 0.115. The van der Waals surface area contributed by atoms with Crippen LogP contribution in [0.15, 0.2) is 93.6 Å². The third kappa shape index (κ3) is 14.7. The fourth-order valence-electron chi connectivity index (χ4n) is 8.38. The summed E-state index contributed by atoms with van der Waals surface area (Å²) < 4.78 is 39.6. The Hall–Kier alpha value is -3.10. The summed E-state index contributed by atoms with van der Waals surface area (Å²) in [5.41, 5.74) is 4.98. The lowest BCUT2D eigenvalue weighted by molar-refractivity contribution is 0.00578. The fraction of sp³-hybridized carbons (Fsp3) is 0.661. The van der Waals surface area contributed by atoms with E-state index < -0.39 is 36.6 Å². The summed E-state index contributed by atoms with van der Waals surface area (Å²) in [5, 5.41) is 0. The first-order valence-electron chi connectivity index (χ1n) is 25.4. The Morgan fingerprint density at radius 3 is 1.71 bits per heavy atom. The molecule has 0 saturated carbocycles. The van der Waals surface area contributed by atoms with Gasteiger partial charge < -0.3 is 28.1 Å². The molecule has 0 N–H and O–H groups in total. The minimum atomic E-state index is -0.662. The topological polar surface area (TPSA) is 67.7 Å². The van der Waals surface area contributed by atoms with E-state index in [2.05, 4.69) is 146 Å². The molecule has 2 fully saturated rings. The number of allylic oxidation sites excluding steroid dienone is 9. The summed E-state index contributed by atoms with van der Waals surface area (Å²) >= 11 is 0. The standard InChI is InChI=1S/C54H83B2NO6.C2H6/c1-37(2)21-17-23-39(5)31-33-58-45-27-19-25-43(35-45)41(7)49(44-26-20-28-46(36-44)59-34-32-40(6)24-18-22-38(3)4)57-50-42(8)47(55-60-51(9,10)52(11,12)61-55)29-30-48(50)56-62-53(13,14)54(15,16)63-56;1-2/h20,26-30,35-40H,8,17-19,21-25,31-34H2,1-7,9-16H3;1-2H3/b49-41+,57-50?;. The normalized spacial score (nSPS) is 21.9. The molecule has 4 aliphatic rings. The number of hydrogen-bond donors (Lipinski definition) is 0. The molecule has 1 aromatic rings. The molecule has 2 unspecified atom stereocenters. The van der Waals surface area contributed by atoms with Gasteiger partial charge in [-0.3, -0.25) is 0 Å². The van der Waals surface area contributed by atoms with Crippen LogP contribution in [0.25, 0.3) is 5.70 Å². The van der Waals surface area contributed by atoms with E-state index in [1.807, 2.05) is 19.9 Å². The number of nitrogens with zero attached hydrogens (tertiary/aromatic N) is 1. The van der Waals surface area contributed by atoms with Gasteiger partial charge in [-0.25, -0.2) is 4.99 Å². The summed E-state index contributed by atoms with van der Waals surface area (Å²) in [4.78, 5) is 5.69. The van der Waals surface area contributed by atoms with E-state index in [0.717, 1.165) is 76.8 Å². The minimum Gasteiger partial charge on any atom is -0.494 e. The fourth-order valence-corrected chi connectivity index (χ4v) is 8.38. The lowest BCUT2D eigenvalue weighted by Crippen LogP contribution is -2.41. The Morgan fingerprint density at radius 1 is 0.692 bits per heavy atom. The molecule has 2 aliphatic heterocycles. The molecule has 2 aliphatic carbocycles. The maximum Gasteiger partial charge on any atom is 0.497 e. The first kappa shape index (κ1) is 54.5. The molecule has 5 rings (SSSR count). The van der Waals surface area contributed by atoms with Crippen molar-refractivity contribution in [2.45, 2.75) is 204 Å².